The van der Waals surface area contributed by atoms with E-state index in [0.717, 1.165) is 6.67 Å². The molecule has 0 unspecified atom stereocenters. The van der Waals surface area contributed by atoms with Gasteiger partial charge in [-0.3, -0.25) is 0 Å². The van der Waals surface area contributed by atoms with Gasteiger partial charge in [-0.2, -0.15) is 0 Å². The Morgan fingerprint density at radius 1 is 1.00 bits per heavy atom. The van der Waals surface area contributed by atoms with Gasteiger partial charge in [0.15, 0.2) is 0 Å². The smallest absolute Gasteiger partial charge is 0.110 e. The van der Waals surface area contributed by atoms with Gasteiger partial charge in [-0.1, -0.05) is 24.9 Å². The number of nitrogens with one attached hydrogen (secondary N) is 2. The molecule has 12 heavy (non-hydrogen) atoms. The fraction of sp³-hybridized carbons (Fsp3) is 0.778. The molecule has 0 radical (unpaired) electrons. The summed E-state index contributed by atoms with van der Waals surface area (Å²) in [5.74, 6) is 0. The molecule has 3 aliphatic heterocycles. The molecule has 2 nitrogen and oxygen atoms in total. The lowest BCUT2D eigenvalue weighted by Crippen LogP contribution is -2.36. The lowest BCUT2D eigenvalue weighted by atomic mass is 10.4. The van der Waals surface area contributed by atoms with Gasteiger partial charge >= 0.3 is 0 Å². The quantitative estimate of drug-likeness (QED) is 0.553. The molecule has 1 saturated heterocycles. The van der Waals surface area contributed by atoms with E-state index in [4.69, 9.17) is 0 Å². The van der Waals surface area contributed by atoms with Crippen LogP contribution in [0.2, 0.25) is 18.1 Å². The van der Waals surface area contributed by atoms with Crippen molar-refractivity contribution in [2.45, 2.75) is 37.4 Å². The van der Waals surface area contributed by atoms with Crippen LogP contribution in [0.15, 0.2) is 11.0 Å². The van der Waals surface area contributed by atoms with Gasteiger partial charge < -0.3 is 10.6 Å². The van der Waals surface area contributed by atoms with E-state index in [0.29, 0.717) is 0 Å². The van der Waals surface area contributed by atoms with Crippen LogP contribution in [0.3, 0.4) is 0 Å². The first kappa shape index (κ1) is 7.01. The summed E-state index contributed by atoms with van der Waals surface area (Å²) in [5.41, 5.74) is 1.59. The summed E-state index contributed by atoms with van der Waals surface area (Å²) >= 11 is 0. The second-order valence-corrected chi connectivity index (χ2v) is 8.93. The topological polar surface area (TPSA) is 24.1 Å². The maximum absolute atomic E-state index is 3.58. The fourth-order valence-corrected chi connectivity index (χ4v) is 8.60. The molecule has 3 rings (SSSR count). The first-order chi connectivity index (χ1) is 5.91. The first-order valence-electron chi connectivity index (χ1n) is 5.12. The van der Waals surface area contributed by atoms with Crippen LogP contribution < -0.4 is 10.6 Å². The Kier molecular flexibility index (Phi) is 1.33. The van der Waals surface area contributed by atoms with Crippen molar-refractivity contribution in [1.29, 1.82) is 0 Å². The molecule has 3 aliphatic rings. The molecular formula is C9H16N2Si. The fourth-order valence-electron chi connectivity index (χ4n) is 3.20. The molecule has 3 heteroatoms. The Morgan fingerprint density at radius 2 is 1.83 bits per heavy atom. The molecule has 0 saturated carbocycles. The monoisotopic (exact) mass is 180 g/mol. The van der Waals surface area contributed by atoms with Crippen molar-refractivity contribution in [2.75, 3.05) is 6.67 Å². The number of rotatable bonds is 0. The van der Waals surface area contributed by atoms with E-state index >= 15 is 0 Å². The van der Waals surface area contributed by atoms with Gasteiger partial charge in [0.2, 0.25) is 0 Å². The van der Waals surface area contributed by atoms with Crippen molar-refractivity contribution in [3.63, 3.8) is 0 Å². The molecular weight excluding hydrogens is 164 g/mol. The summed E-state index contributed by atoms with van der Waals surface area (Å²) in [6.07, 6.45) is 4.36. The zero-order valence-electron chi connectivity index (χ0n) is 7.45. The van der Waals surface area contributed by atoms with Gasteiger partial charge in [0.1, 0.15) is 8.07 Å². The number of fused-ring (bicyclic) bond motifs is 1. The van der Waals surface area contributed by atoms with Gasteiger partial charge in [0.25, 0.3) is 0 Å². The largest absolute Gasteiger partial charge is 0.373 e. The molecule has 0 atom stereocenters. The maximum atomic E-state index is 3.58. The van der Waals surface area contributed by atoms with Crippen LogP contribution in [0, 0.1) is 0 Å². The van der Waals surface area contributed by atoms with Crippen LogP contribution in [-0.2, 0) is 0 Å². The molecule has 3 heterocycles. The second kappa shape index (κ2) is 2.28. The minimum atomic E-state index is -0.893. The predicted octanol–water partition coefficient (Wildman–Crippen LogP) is 1.53. The lowest BCUT2D eigenvalue weighted by molar-refractivity contribution is 0.776. The molecule has 0 aromatic carbocycles. The zero-order chi connectivity index (χ0) is 8.02. The van der Waals surface area contributed by atoms with Gasteiger partial charge in [0, 0.05) is 11.0 Å². The maximum Gasteiger partial charge on any atom is 0.110 e. The summed E-state index contributed by atoms with van der Waals surface area (Å²) in [6, 6.07) is 4.68. The molecule has 0 bridgehead atoms. The molecule has 1 fully saturated rings. The minimum Gasteiger partial charge on any atom is -0.373 e. The highest BCUT2D eigenvalue weighted by molar-refractivity contribution is 6.87. The SMILES string of the molecule is C1CC[Si]2(C1)CCC1=C2NCN1. The van der Waals surface area contributed by atoms with Crippen LogP contribution >= 0.6 is 0 Å². The number of hydrogen-bond acceptors (Lipinski definition) is 2. The van der Waals surface area contributed by atoms with Gasteiger partial charge in [-0.15, -0.1) is 0 Å². The molecule has 0 aromatic heterocycles. The Hall–Kier alpha value is -0.443. The van der Waals surface area contributed by atoms with Crippen LogP contribution in [0.1, 0.15) is 19.3 Å². The Balaban J connectivity index is 1.97. The summed E-state index contributed by atoms with van der Waals surface area (Å²) in [7, 11) is -0.893. The molecule has 0 aromatic rings. The zero-order valence-corrected chi connectivity index (χ0v) is 8.45. The van der Waals surface area contributed by atoms with Gasteiger partial charge in [-0.25, -0.2) is 0 Å². The molecule has 1 spiro atoms. The predicted molar refractivity (Wildman–Crippen MR) is 52.2 cm³/mol. The Bertz CT molecular complexity index is 241. The average Bonchev–Trinajstić information content (AvgIpc) is 2.76. The number of hydrogen-bond donors (Lipinski definition) is 2. The van der Waals surface area contributed by atoms with Crippen molar-refractivity contribution in [2.24, 2.45) is 0 Å². The summed E-state index contributed by atoms with van der Waals surface area (Å²) in [5, 5.41) is 8.78. The van der Waals surface area contributed by atoms with Crippen LogP contribution in [0.25, 0.3) is 0 Å². The first-order valence-corrected chi connectivity index (χ1v) is 7.74. The van der Waals surface area contributed by atoms with Crippen LogP contribution in [-0.4, -0.2) is 14.7 Å². The average molecular weight is 180 g/mol. The Labute approximate surface area is 74.4 Å². The van der Waals surface area contributed by atoms with Crippen LogP contribution in [0.5, 0.6) is 0 Å². The summed E-state index contributed by atoms with van der Waals surface area (Å²) in [4.78, 5) is 0. The molecule has 0 amide bonds. The molecule has 2 N–H and O–H groups in total. The van der Waals surface area contributed by atoms with Crippen molar-refractivity contribution >= 4 is 8.07 Å². The second-order valence-electron chi connectivity index (χ2n) is 4.37. The van der Waals surface area contributed by atoms with E-state index in [1.54, 1.807) is 23.1 Å². The highest BCUT2D eigenvalue weighted by Crippen LogP contribution is 2.45. The molecule has 0 aliphatic carbocycles. The van der Waals surface area contributed by atoms with Crippen molar-refractivity contribution < 1.29 is 0 Å². The van der Waals surface area contributed by atoms with Crippen LogP contribution in [0.4, 0.5) is 0 Å². The summed E-state index contributed by atoms with van der Waals surface area (Å²) < 4.78 is 0. The van der Waals surface area contributed by atoms with Gasteiger partial charge in [0.05, 0.1) is 6.67 Å². The van der Waals surface area contributed by atoms with E-state index in [2.05, 4.69) is 10.6 Å². The van der Waals surface area contributed by atoms with E-state index < -0.39 is 8.07 Å². The van der Waals surface area contributed by atoms with E-state index in [1.165, 1.54) is 25.3 Å². The third-order valence-corrected chi connectivity index (χ3v) is 9.18. The third-order valence-electron chi connectivity index (χ3n) is 3.81. The Morgan fingerprint density at radius 3 is 2.67 bits per heavy atom. The highest BCUT2D eigenvalue weighted by atomic mass is 28.3. The van der Waals surface area contributed by atoms with Crippen molar-refractivity contribution in [3.05, 3.63) is 11.0 Å². The van der Waals surface area contributed by atoms with E-state index in [1.807, 2.05) is 0 Å². The lowest BCUT2D eigenvalue weighted by Gasteiger charge is -2.23. The standard InChI is InChI=1S/C9H16N2Si/c1-2-5-12(4-1)6-3-8-9(12)11-7-10-8/h10-11H,1-7H2. The van der Waals surface area contributed by atoms with E-state index in [-0.39, 0.29) is 0 Å². The van der Waals surface area contributed by atoms with E-state index in [9.17, 15) is 0 Å². The minimum absolute atomic E-state index is 0.893. The third kappa shape index (κ3) is 0.749. The number of allylic oxidation sites excluding steroid dienone is 1. The highest BCUT2D eigenvalue weighted by Gasteiger charge is 2.46. The van der Waals surface area contributed by atoms with Gasteiger partial charge in [-0.05, 0) is 12.5 Å². The normalized spacial score (nSPS) is 30.7. The van der Waals surface area contributed by atoms with Crippen molar-refractivity contribution in [1.82, 2.24) is 10.6 Å². The summed E-state index contributed by atoms with van der Waals surface area (Å²) in [6.45, 7) is 1.01. The molecule has 66 valence electrons. The van der Waals surface area contributed by atoms with Crippen molar-refractivity contribution in [3.8, 4) is 0 Å².